The summed E-state index contributed by atoms with van der Waals surface area (Å²) in [5, 5.41) is 3.93. The van der Waals surface area contributed by atoms with Gasteiger partial charge in [0.15, 0.2) is 0 Å². The number of halogens is 1. The minimum atomic E-state index is 0.164. The summed E-state index contributed by atoms with van der Waals surface area (Å²) in [7, 11) is 0. The lowest BCUT2D eigenvalue weighted by Crippen LogP contribution is -2.30. The van der Waals surface area contributed by atoms with Crippen molar-refractivity contribution in [1.82, 2.24) is 5.32 Å². The maximum Gasteiger partial charge on any atom is 0.219 e. The second kappa shape index (κ2) is 3.57. The van der Waals surface area contributed by atoms with Crippen LogP contribution in [-0.2, 0) is 4.79 Å². The smallest absolute Gasteiger partial charge is 0.219 e. The van der Waals surface area contributed by atoms with Crippen LogP contribution in [0.15, 0.2) is 0 Å². The van der Waals surface area contributed by atoms with E-state index < -0.39 is 0 Å². The van der Waals surface area contributed by atoms with Crippen LogP contribution in [0.5, 0.6) is 0 Å². The highest BCUT2D eigenvalue weighted by Crippen LogP contribution is 2.46. The average molecular weight is 220 g/mol. The Morgan fingerprint density at radius 3 is 2.64 bits per heavy atom. The van der Waals surface area contributed by atoms with E-state index in [1.165, 1.54) is 12.8 Å². The molecule has 0 saturated heterocycles. The second-order valence-corrected chi connectivity index (χ2v) is 3.82. The lowest BCUT2D eigenvalue weighted by molar-refractivity contribution is -0.120. The molecule has 0 aromatic heterocycles. The molecule has 2 nitrogen and oxygen atoms in total. The molecule has 0 spiro atoms. The summed E-state index contributed by atoms with van der Waals surface area (Å²) in [5.74, 6) is 0.164. The van der Waals surface area contributed by atoms with E-state index in [-0.39, 0.29) is 5.91 Å². The number of carbonyl (C=O) groups excluding carboxylic acids is 1. The van der Waals surface area contributed by atoms with E-state index in [0.717, 1.165) is 11.9 Å². The van der Waals surface area contributed by atoms with E-state index in [0.29, 0.717) is 11.8 Å². The minimum absolute atomic E-state index is 0.164. The second-order valence-electron chi connectivity index (χ2n) is 3.26. The van der Waals surface area contributed by atoms with Gasteiger partial charge in [0.1, 0.15) is 0 Å². The third-order valence-corrected chi connectivity index (χ3v) is 3.41. The number of hydrogen-bond acceptors (Lipinski definition) is 1. The van der Waals surface area contributed by atoms with Gasteiger partial charge in [-0.25, -0.2) is 0 Å². The average Bonchev–Trinajstić information content (AvgIpc) is 2.81. The van der Waals surface area contributed by atoms with Crippen molar-refractivity contribution in [2.24, 2.45) is 5.41 Å². The lowest BCUT2D eigenvalue weighted by Gasteiger charge is -2.11. The third kappa shape index (κ3) is 2.47. The van der Waals surface area contributed by atoms with Gasteiger partial charge in [-0.15, -0.1) is 0 Å². The molecule has 1 aliphatic carbocycles. The van der Waals surface area contributed by atoms with Gasteiger partial charge >= 0.3 is 0 Å². The molecule has 1 amide bonds. The van der Waals surface area contributed by atoms with E-state index in [9.17, 15) is 4.79 Å². The van der Waals surface area contributed by atoms with Crippen molar-refractivity contribution in [3.63, 3.8) is 0 Å². The third-order valence-electron chi connectivity index (χ3n) is 2.22. The van der Waals surface area contributed by atoms with Gasteiger partial charge in [-0.05, 0) is 18.3 Å². The maximum atomic E-state index is 10.9. The number of carbonyl (C=O) groups is 1. The normalized spacial score (nSPS) is 19.5. The molecule has 1 aliphatic rings. The first-order valence-corrected chi connectivity index (χ1v) is 5.17. The van der Waals surface area contributed by atoms with Gasteiger partial charge in [0.2, 0.25) is 5.91 Å². The fourth-order valence-electron chi connectivity index (χ4n) is 0.946. The van der Waals surface area contributed by atoms with Crippen LogP contribution in [0.2, 0.25) is 0 Å². The molecule has 0 atom stereocenters. The molecule has 3 heteroatoms. The van der Waals surface area contributed by atoms with Crippen molar-refractivity contribution in [3.05, 3.63) is 0 Å². The van der Waals surface area contributed by atoms with E-state index in [2.05, 4.69) is 21.2 Å². The van der Waals surface area contributed by atoms with Crippen molar-refractivity contribution in [2.75, 3.05) is 11.9 Å². The van der Waals surface area contributed by atoms with Crippen LogP contribution >= 0.6 is 15.9 Å². The first-order chi connectivity index (χ1) is 5.22. The van der Waals surface area contributed by atoms with Gasteiger partial charge in [-0.1, -0.05) is 22.9 Å². The Balaban J connectivity index is 2.16. The van der Waals surface area contributed by atoms with Crippen molar-refractivity contribution in [3.8, 4) is 0 Å². The summed E-state index contributed by atoms with van der Waals surface area (Å²) < 4.78 is 0. The summed E-state index contributed by atoms with van der Waals surface area (Å²) in [6.45, 7) is 2.73. The zero-order valence-corrected chi connectivity index (χ0v) is 8.41. The molecule has 1 N–H and O–H groups in total. The molecular weight excluding hydrogens is 206 g/mol. The maximum absolute atomic E-state index is 10.9. The SMILES string of the molecule is CCC(=O)NCC1(CBr)CC1. The molecule has 1 fully saturated rings. The van der Waals surface area contributed by atoms with Crippen LogP contribution in [0.4, 0.5) is 0 Å². The monoisotopic (exact) mass is 219 g/mol. The van der Waals surface area contributed by atoms with Gasteiger partial charge in [0, 0.05) is 18.3 Å². The Bertz CT molecular complexity index is 154. The van der Waals surface area contributed by atoms with Crippen molar-refractivity contribution < 1.29 is 4.79 Å². The summed E-state index contributed by atoms with van der Waals surface area (Å²) in [4.78, 5) is 10.9. The van der Waals surface area contributed by atoms with Crippen LogP contribution in [0, 0.1) is 5.41 Å². The van der Waals surface area contributed by atoms with Crippen LogP contribution in [0.25, 0.3) is 0 Å². The molecule has 1 saturated carbocycles. The molecule has 1 rings (SSSR count). The topological polar surface area (TPSA) is 29.1 Å². The van der Waals surface area contributed by atoms with Gasteiger partial charge in [0.05, 0.1) is 0 Å². The molecule has 0 unspecified atom stereocenters. The molecule has 0 heterocycles. The Hall–Kier alpha value is -0.0500. The standard InChI is InChI=1S/C8H14BrNO/c1-2-7(11)10-6-8(5-9)3-4-8/h2-6H2,1H3,(H,10,11). The predicted molar refractivity (Wildman–Crippen MR) is 48.8 cm³/mol. The minimum Gasteiger partial charge on any atom is -0.356 e. The highest BCUT2D eigenvalue weighted by atomic mass is 79.9. The first kappa shape index (κ1) is 9.04. The summed E-state index contributed by atoms with van der Waals surface area (Å²) in [6.07, 6.45) is 3.10. The van der Waals surface area contributed by atoms with Crippen LogP contribution in [-0.4, -0.2) is 17.8 Å². The number of amides is 1. The molecule has 11 heavy (non-hydrogen) atoms. The molecule has 64 valence electrons. The first-order valence-electron chi connectivity index (χ1n) is 4.05. The number of rotatable bonds is 4. The van der Waals surface area contributed by atoms with E-state index in [1.807, 2.05) is 6.92 Å². The van der Waals surface area contributed by atoms with Gasteiger partial charge in [0.25, 0.3) is 0 Å². The fourth-order valence-corrected chi connectivity index (χ4v) is 1.70. The molecule has 0 aromatic carbocycles. The number of nitrogens with one attached hydrogen (secondary N) is 1. The highest BCUT2D eigenvalue weighted by Gasteiger charge is 2.41. The Morgan fingerprint density at radius 1 is 1.64 bits per heavy atom. The Labute approximate surface area is 75.9 Å². The fraction of sp³-hybridized carbons (Fsp3) is 0.875. The van der Waals surface area contributed by atoms with Crippen molar-refractivity contribution >= 4 is 21.8 Å². The number of alkyl halides is 1. The van der Waals surface area contributed by atoms with E-state index >= 15 is 0 Å². The molecule has 0 bridgehead atoms. The van der Waals surface area contributed by atoms with Gasteiger partial charge in [-0.3, -0.25) is 4.79 Å². The van der Waals surface area contributed by atoms with Gasteiger partial charge < -0.3 is 5.32 Å². The quantitative estimate of drug-likeness (QED) is 0.717. The van der Waals surface area contributed by atoms with Crippen molar-refractivity contribution in [2.45, 2.75) is 26.2 Å². The van der Waals surface area contributed by atoms with Crippen molar-refractivity contribution in [1.29, 1.82) is 0 Å². The predicted octanol–water partition coefficient (Wildman–Crippen LogP) is 1.69. The zero-order chi connectivity index (χ0) is 8.32. The summed E-state index contributed by atoms with van der Waals surface area (Å²) in [6, 6.07) is 0. The Morgan fingerprint density at radius 2 is 2.27 bits per heavy atom. The summed E-state index contributed by atoms with van der Waals surface area (Å²) >= 11 is 3.45. The highest BCUT2D eigenvalue weighted by molar-refractivity contribution is 9.09. The largest absolute Gasteiger partial charge is 0.356 e. The number of hydrogen-bond donors (Lipinski definition) is 1. The van der Waals surface area contributed by atoms with E-state index in [1.54, 1.807) is 0 Å². The lowest BCUT2D eigenvalue weighted by atomic mass is 10.1. The van der Waals surface area contributed by atoms with Crippen LogP contribution in [0.1, 0.15) is 26.2 Å². The molecule has 0 aromatic rings. The Kier molecular flexibility index (Phi) is 2.93. The van der Waals surface area contributed by atoms with Gasteiger partial charge in [-0.2, -0.15) is 0 Å². The van der Waals surface area contributed by atoms with Crippen LogP contribution < -0.4 is 5.32 Å². The zero-order valence-electron chi connectivity index (χ0n) is 6.82. The molecule has 0 radical (unpaired) electrons. The molecular formula is C8H14BrNO. The van der Waals surface area contributed by atoms with Crippen LogP contribution in [0.3, 0.4) is 0 Å². The summed E-state index contributed by atoms with van der Waals surface area (Å²) in [5.41, 5.74) is 0.408. The molecule has 0 aliphatic heterocycles. The van der Waals surface area contributed by atoms with E-state index in [4.69, 9.17) is 0 Å².